The van der Waals surface area contributed by atoms with E-state index in [9.17, 15) is 0 Å². The Labute approximate surface area is 194 Å². The monoisotopic (exact) mass is 448 g/mol. The van der Waals surface area contributed by atoms with E-state index in [1.807, 2.05) is 0 Å². The molecular weight excluding hydrogens is 421 g/mol. The molecule has 1 atom stereocenters. The maximum Gasteiger partial charge on any atom is -1.00 e. The molecule has 1 unspecified atom stereocenters. The van der Waals surface area contributed by atoms with Gasteiger partial charge < -0.3 is 24.8 Å². The summed E-state index contributed by atoms with van der Waals surface area (Å²) in [6, 6.07) is 13.5. The van der Waals surface area contributed by atoms with Crippen LogP contribution < -0.4 is 28.2 Å². The van der Waals surface area contributed by atoms with Crippen molar-refractivity contribution < 1.29 is 45.5 Å². The molecule has 0 aromatic heterocycles. The fourth-order valence-electron chi connectivity index (χ4n) is 4.35. The fourth-order valence-corrected chi connectivity index (χ4v) is 5.17. The number of hydrogen-bond acceptors (Lipinski definition) is 1. The van der Waals surface area contributed by atoms with E-state index in [0.29, 0.717) is 5.92 Å². The zero-order chi connectivity index (χ0) is 19.0. The van der Waals surface area contributed by atoms with Crippen LogP contribution in [0.4, 0.5) is 5.69 Å². The first-order chi connectivity index (χ1) is 12.3. The average Bonchev–Trinajstić information content (AvgIpc) is 2.80. The molecule has 0 saturated heterocycles. The minimum absolute atomic E-state index is 0. The molecule has 0 aliphatic heterocycles. The zero-order valence-corrected chi connectivity index (χ0v) is 20.6. The minimum Gasteiger partial charge on any atom is -1.00 e. The third-order valence-corrected chi connectivity index (χ3v) is 6.09. The summed E-state index contributed by atoms with van der Waals surface area (Å²) >= 11 is 2.21. The smallest absolute Gasteiger partial charge is 1.00 e. The molecular formula is C24H28Cl2NTi. The summed E-state index contributed by atoms with van der Waals surface area (Å²) in [7, 11) is 0. The van der Waals surface area contributed by atoms with Gasteiger partial charge in [-0.2, -0.15) is 0 Å². The van der Waals surface area contributed by atoms with Crippen molar-refractivity contribution in [1.29, 1.82) is 0 Å². The van der Waals surface area contributed by atoms with E-state index in [1.54, 1.807) is 0 Å². The number of hydrogen-bond donors (Lipinski definition) is 0. The molecule has 0 N–H and O–H groups in total. The van der Waals surface area contributed by atoms with Crippen molar-refractivity contribution in [3.63, 3.8) is 0 Å². The van der Waals surface area contributed by atoms with Gasteiger partial charge in [-0.15, -0.1) is 0 Å². The number of halogens is 2. The first kappa shape index (κ1) is 25.1. The Balaban J connectivity index is 0.00000196. The van der Waals surface area contributed by atoms with Gasteiger partial charge in [0.25, 0.3) is 0 Å². The Kier molecular flexibility index (Phi) is 9.10. The molecule has 1 aliphatic carbocycles. The van der Waals surface area contributed by atoms with Crippen molar-refractivity contribution in [3.8, 4) is 0 Å². The van der Waals surface area contributed by atoms with Crippen molar-refractivity contribution >= 4 is 11.3 Å². The van der Waals surface area contributed by atoms with Crippen LogP contribution in [0.1, 0.15) is 48.6 Å². The molecule has 28 heavy (non-hydrogen) atoms. The first-order valence-electron chi connectivity index (χ1n) is 9.34. The molecule has 1 aliphatic rings. The van der Waals surface area contributed by atoms with Crippen LogP contribution in [0.3, 0.4) is 0 Å². The number of benzene rings is 2. The Morgan fingerprint density at radius 3 is 2.04 bits per heavy atom. The zero-order valence-electron chi connectivity index (χ0n) is 17.5. The third-order valence-electron chi connectivity index (χ3n) is 5.49. The first-order valence-corrected chi connectivity index (χ1v) is 10.0. The molecule has 0 amide bonds. The Hall–Kier alpha value is -0.986. The third kappa shape index (κ3) is 4.94. The number of anilines is 1. The average molecular weight is 449 g/mol. The molecule has 4 heteroatoms. The second-order valence-corrected chi connectivity index (χ2v) is 8.51. The molecule has 1 nitrogen and oxygen atoms in total. The van der Waals surface area contributed by atoms with Gasteiger partial charge in [-0.05, 0) is 0 Å². The van der Waals surface area contributed by atoms with Crippen LogP contribution in [0.25, 0.3) is 5.57 Å². The molecule has 0 saturated carbocycles. The Morgan fingerprint density at radius 2 is 1.50 bits per heavy atom. The van der Waals surface area contributed by atoms with Crippen LogP contribution in [-0.2, 0) is 27.2 Å². The predicted octanol–water partition coefficient (Wildman–Crippen LogP) is 0.458. The standard InChI is InChI=1S/C24H28N.2ClH.Ti/c1-15-11-18(4)24(19(5)12-15)25-14-21-9-7-8-10-22(21)23-17(3)13-16(2)20(23)6;;;/h7-13,17H,14H2,1-6H3;2*1H;/q-1;;;+3/p-2. The van der Waals surface area contributed by atoms with E-state index in [4.69, 9.17) is 0 Å². The van der Waals surface area contributed by atoms with E-state index in [-0.39, 0.29) is 24.8 Å². The van der Waals surface area contributed by atoms with Crippen LogP contribution in [-0.4, -0.2) is 0 Å². The molecule has 3 rings (SSSR count). The van der Waals surface area contributed by atoms with Crippen molar-refractivity contribution in [1.82, 2.24) is 0 Å². The molecule has 2 aromatic rings. The molecule has 0 heterocycles. The Bertz CT molecular complexity index is 892. The molecule has 147 valence electrons. The number of aryl methyl sites for hydroxylation is 3. The van der Waals surface area contributed by atoms with Gasteiger partial charge in [-0.25, -0.2) is 0 Å². The number of allylic oxidation sites excluding steroid dienone is 4. The fraction of sp³-hybridized carbons (Fsp3) is 0.333. The van der Waals surface area contributed by atoms with Gasteiger partial charge in [0.05, 0.1) is 0 Å². The van der Waals surface area contributed by atoms with Crippen LogP contribution >= 0.6 is 0 Å². The summed E-state index contributed by atoms with van der Waals surface area (Å²) in [5, 5.41) is 0. The van der Waals surface area contributed by atoms with Crippen LogP contribution in [0.2, 0.25) is 0 Å². The number of nitrogens with zero attached hydrogens (tertiary/aromatic N) is 1. The van der Waals surface area contributed by atoms with E-state index >= 15 is 0 Å². The van der Waals surface area contributed by atoms with Crippen LogP contribution in [0.15, 0.2) is 53.6 Å². The summed E-state index contributed by atoms with van der Waals surface area (Å²) in [6.07, 6.45) is 2.39. The van der Waals surface area contributed by atoms with Crippen molar-refractivity contribution in [3.05, 3.63) is 81.4 Å². The Morgan fingerprint density at radius 1 is 0.929 bits per heavy atom. The summed E-state index contributed by atoms with van der Waals surface area (Å²) in [5.41, 5.74) is 12.5. The van der Waals surface area contributed by atoms with E-state index in [0.717, 1.165) is 6.54 Å². The molecule has 0 bridgehead atoms. The normalized spacial score (nSPS) is 15.7. The second kappa shape index (κ2) is 10.2. The topological polar surface area (TPSA) is 3.24 Å². The molecule has 0 fully saturated rings. The van der Waals surface area contributed by atoms with Gasteiger partial charge in [0.2, 0.25) is 0 Å². The van der Waals surface area contributed by atoms with E-state index < -0.39 is 0 Å². The number of rotatable bonds is 4. The summed E-state index contributed by atoms with van der Waals surface area (Å²) in [6.45, 7) is 14.3. The maximum absolute atomic E-state index is 2.40. The van der Waals surface area contributed by atoms with E-state index in [1.165, 1.54) is 50.2 Å². The van der Waals surface area contributed by atoms with Crippen molar-refractivity contribution in [2.75, 3.05) is 3.38 Å². The van der Waals surface area contributed by atoms with Gasteiger partial charge in [0, 0.05) is 0 Å². The van der Waals surface area contributed by atoms with Crippen molar-refractivity contribution in [2.45, 2.75) is 48.1 Å². The summed E-state index contributed by atoms with van der Waals surface area (Å²) in [5.74, 6) is 0.490. The second-order valence-electron chi connectivity index (χ2n) is 7.67. The molecule has 0 radical (unpaired) electrons. The minimum atomic E-state index is 0. The SMILES string of the molecule is CC1=CC(C)C(c2ccccc2C[N]([Ti+2])c2c(C)cc(C)cc2C)=C1C.[Cl-].[Cl-]. The molecule has 2 aromatic carbocycles. The summed E-state index contributed by atoms with van der Waals surface area (Å²) in [4.78, 5) is 0. The molecule has 0 spiro atoms. The van der Waals surface area contributed by atoms with Gasteiger partial charge in [0.1, 0.15) is 0 Å². The van der Waals surface area contributed by atoms with Crippen molar-refractivity contribution in [2.24, 2.45) is 5.92 Å². The largest absolute Gasteiger partial charge is 1.00 e. The van der Waals surface area contributed by atoms with Crippen LogP contribution in [0.5, 0.6) is 0 Å². The predicted molar refractivity (Wildman–Crippen MR) is 109 cm³/mol. The van der Waals surface area contributed by atoms with Gasteiger partial charge >= 0.3 is 171 Å². The van der Waals surface area contributed by atoms with E-state index in [2.05, 4.69) is 108 Å². The maximum atomic E-state index is 2.40. The summed E-state index contributed by atoms with van der Waals surface area (Å²) < 4.78 is 2.40. The van der Waals surface area contributed by atoms with Gasteiger partial charge in [-0.1, -0.05) is 0 Å². The quantitative estimate of drug-likeness (QED) is 0.614. The van der Waals surface area contributed by atoms with Gasteiger partial charge in [0.15, 0.2) is 0 Å². The van der Waals surface area contributed by atoms with Gasteiger partial charge in [-0.3, -0.25) is 0 Å². The van der Waals surface area contributed by atoms with Crippen LogP contribution in [0, 0.1) is 26.7 Å².